The third-order valence-corrected chi connectivity index (χ3v) is 7.21. The third-order valence-electron chi connectivity index (χ3n) is 4.59. The maximum Gasteiger partial charge on any atom is 0.433 e. The number of aromatic nitrogens is 4. The summed E-state index contributed by atoms with van der Waals surface area (Å²) >= 11 is 0.687. The molecule has 0 radical (unpaired) electrons. The Hall–Kier alpha value is -3.48. The molecule has 3 aromatic heterocycles. The zero-order valence-corrected chi connectivity index (χ0v) is 18.9. The number of alkyl halides is 6. The first-order valence-electron chi connectivity index (χ1n) is 9.30. The Balaban J connectivity index is 1.84. The van der Waals surface area contributed by atoms with Gasteiger partial charge >= 0.3 is 12.4 Å². The zero-order valence-electron chi connectivity index (χ0n) is 17.2. The average Bonchev–Trinajstić information content (AvgIpc) is 3.33. The minimum atomic E-state index is -4.87. The van der Waals surface area contributed by atoms with E-state index in [1.165, 1.54) is 6.92 Å². The molecule has 4 rings (SSSR count). The van der Waals surface area contributed by atoms with Crippen molar-refractivity contribution in [2.75, 3.05) is 0 Å². The van der Waals surface area contributed by atoms with Crippen molar-refractivity contribution in [1.29, 1.82) is 0 Å². The number of fused-ring (bicyclic) bond motifs is 1. The van der Waals surface area contributed by atoms with Crippen molar-refractivity contribution in [3.05, 3.63) is 64.1 Å². The van der Waals surface area contributed by atoms with Gasteiger partial charge in [-0.05, 0) is 31.0 Å². The molecule has 0 saturated carbocycles. The molecule has 0 fully saturated rings. The highest BCUT2D eigenvalue weighted by atomic mass is 32.2. The van der Waals surface area contributed by atoms with Gasteiger partial charge in [-0.2, -0.15) is 31.4 Å². The minimum Gasteiger partial charge on any atom is -0.232 e. The number of primary sulfonamides is 1. The fourth-order valence-electron chi connectivity index (χ4n) is 3.05. The van der Waals surface area contributed by atoms with Crippen LogP contribution in [0.5, 0.6) is 0 Å². The van der Waals surface area contributed by atoms with Crippen molar-refractivity contribution < 1.29 is 34.8 Å². The van der Waals surface area contributed by atoms with Gasteiger partial charge in [0.1, 0.15) is 0 Å². The highest BCUT2D eigenvalue weighted by Gasteiger charge is 2.36. The van der Waals surface area contributed by atoms with Crippen LogP contribution in [0, 0.1) is 18.8 Å². The predicted octanol–water partition coefficient (Wildman–Crippen LogP) is 4.25. The van der Waals surface area contributed by atoms with Crippen molar-refractivity contribution in [3.8, 4) is 23.1 Å². The van der Waals surface area contributed by atoms with Crippen LogP contribution in [0.3, 0.4) is 0 Å². The first-order chi connectivity index (χ1) is 16.1. The number of benzene rings is 1. The van der Waals surface area contributed by atoms with E-state index in [-0.39, 0.29) is 37.4 Å². The Morgan fingerprint density at radius 3 is 2.20 bits per heavy atom. The highest BCUT2D eigenvalue weighted by molar-refractivity contribution is 7.91. The number of aryl methyl sites for hydroxylation is 1. The maximum atomic E-state index is 13.7. The summed E-state index contributed by atoms with van der Waals surface area (Å²) < 4.78 is 103. The normalized spacial score (nSPS) is 12.6. The van der Waals surface area contributed by atoms with E-state index in [0.717, 1.165) is 30.5 Å². The van der Waals surface area contributed by atoms with E-state index in [2.05, 4.69) is 26.9 Å². The van der Waals surface area contributed by atoms with Gasteiger partial charge in [-0.25, -0.2) is 28.0 Å². The van der Waals surface area contributed by atoms with E-state index in [9.17, 15) is 34.8 Å². The number of nitrogens with two attached hydrogens (primary N) is 1. The highest BCUT2D eigenvalue weighted by Crippen LogP contribution is 2.34. The van der Waals surface area contributed by atoms with Gasteiger partial charge in [0, 0.05) is 5.56 Å². The van der Waals surface area contributed by atoms with E-state index in [1.54, 1.807) is 0 Å². The summed E-state index contributed by atoms with van der Waals surface area (Å²) in [6.07, 6.45) is -8.45. The lowest BCUT2D eigenvalue weighted by Crippen LogP contribution is -2.13. The Morgan fingerprint density at radius 2 is 1.66 bits per heavy atom. The number of sulfonamides is 1. The number of nitrogens with zero attached hydrogens (tertiary/aromatic N) is 4. The number of rotatable bonds is 2. The molecule has 15 heteroatoms. The Bertz CT molecular complexity index is 1610. The van der Waals surface area contributed by atoms with Crippen molar-refractivity contribution in [2.24, 2.45) is 5.14 Å². The van der Waals surface area contributed by atoms with Gasteiger partial charge < -0.3 is 0 Å². The molecule has 3 heterocycles. The topological polar surface area (TPSA) is 103 Å². The molecule has 0 unspecified atom stereocenters. The van der Waals surface area contributed by atoms with E-state index < -0.39 is 33.6 Å². The molecule has 2 N–H and O–H groups in total. The van der Waals surface area contributed by atoms with Gasteiger partial charge in [0.2, 0.25) is 10.0 Å². The van der Waals surface area contributed by atoms with Gasteiger partial charge in [0.05, 0.1) is 28.7 Å². The largest absolute Gasteiger partial charge is 0.433 e. The number of hydrogen-bond donors (Lipinski definition) is 1. The van der Waals surface area contributed by atoms with Crippen molar-refractivity contribution >= 4 is 27.0 Å². The monoisotopic (exact) mass is 531 g/mol. The summed E-state index contributed by atoms with van der Waals surface area (Å²) in [7, 11) is -4.03. The van der Waals surface area contributed by atoms with Crippen molar-refractivity contribution in [2.45, 2.75) is 23.5 Å². The standard InChI is InChI=1S/C20H11F6N5O2S2/c1-10-18(35(27,32)33)34-16(29-10)7-4-12-9-28-31-15(20(24,25)26)8-14(30-17(12)31)11-2-5-13(6-3-11)19(21,22)23/h2-3,5-6,8-9H,1H3,(H2,27,32,33). The maximum absolute atomic E-state index is 13.7. The molecule has 0 aliphatic rings. The molecule has 0 amide bonds. The molecule has 1 aromatic carbocycles. The summed E-state index contributed by atoms with van der Waals surface area (Å²) in [6, 6.07) is 4.16. The van der Waals surface area contributed by atoms with Crippen LogP contribution in [-0.4, -0.2) is 28.0 Å². The van der Waals surface area contributed by atoms with Gasteiger partial charge in [0.25, 0.3) is 0 Å². The fourth-order valence-corrected chi connectivity index (χ4v) is 4.86. The molecule has 182 valence electrons. The number of hydrogen-bond acceptors (Lipinski definition) is 6. The summed E-state index contributed by atoms with van der Waals surface area (Å²) in [5, 5.41) is 8.83. The van der Waals surface area contributed by atoms with Gasteiger partial charge in [-0.3, -0.25) is 0 Å². The van der Waals surface area contributed by atoms with Crippen LogP contribution >= 0.6 is 11.3 Å². The third kappa shape index (κ3) is 4.99. The van der Waals surface area contributed by atoms with Crippen LogP contribution in [0.4, 0.5) is 26.3 Å². The first-order valence-corrected chi connectivity index (χ1v) is 11.7. The number of halogens is 6. The summed E-state index contributed by atoms with van der Waals surface area (Å²) in [6.45, 7) is 1.41. The smallest absolute Gasteiger partial charge is 0.232 e. The minimum absolute atomic E-state index is 0.0134. The van der Waals surface area contributed by atoms with Crippen LogP contribution < -0.4 is 5.14 Å². The summed E-state index contributed by atoms with van der Waals surface area (Å²) in [5.74, 6) is 5.11. The van der Waals surface area contributed by atoms with Crippen LogP contribution in [0.1, 0.15) is 27.5 Å². The summed E-state index contributed by atoms with van der Waals surface area (Å²) in [4.78, 5) is 8.10. The Morgan fingerprint density at radius 1 is 1.00 bits per heavy atom. The lowest BCUT2D eigenvalue weighted by molar-refractivity contribution is -0.142. The Kier molecular flexibility index (Phi) is 5.86. The average molecular weight is 531 g/mol. The van der Waals surface area contributed by atoms with Gasteiger partial charge in [-0.15, -0.1) is 0 Å². The zero-order chi connectivity index (χ0) is 25.8. The van der Waals surface area contributed by atoms with Crippen LogP contribution in [-0.2, 0) is 22.4 Å². The molecule has 4 aromatic rings. The van der Waals surface area contributed by atoms with Crippen LogP contribution in [0.2, 0.25) is 0 Å². The fraction of sp³-hybridized carbons (Fsp3) is 0.150. The van der Waals surface area contributed by atoms with Crippen LogP contribution in [0.15, 0.2) is 40.7 Å². The lowest BCUT2D eigenvalue weighted by atomic mass is 10.1. The molecular weight excluding hydrogens is 520 g/mol. The number of thiazole rings is 1. The predicted molar refractivity (Wildman–Crippen MR) is 113 cm³/mol. The molecule has 0 atom stereocenters. The Labute approximate surface area is 197 Å². The van der Waals surface area contributed by atoms with E-state index in [0.29, 0.717) is 21.9 Å². The molecule has 35 heavy (non-hydrogen) atoms. The molecule has 7 nitrogen and oxygen atoms in total. The SMILES string of the molecule is Cc1nc(C#Cc2cnn3c(C(F)(F)F)cc(-c4ccc(C(F)(F)F)cc4)nc23)sc1S(N)(=O)=O. The molecule has 0 aliphatic carbocycles. The molecule has 0 aliphatic heterocycles. The van der Waals surface area contributed by atoms with Crippen molar-refractivity contribution in [1.82, 2.24) is 19.6 Å². The molecular formula is C20H11F6N5O2S2. The lowest BCUT2D eigenvalue weighted by Gasteiger charge is -2.12. The summed E-state index contributed by atoms with van der Waals surface area (Å²) in [5.41, 5.74) is -2.65. The van der Waals surface area contributed by atoms with Crippen molar-refractivity contribution in [3.63, 3.8) is 0 Å². The second-order valence-electron chi connectivity index (χ2n) is 7.08. The molecule has 0 bridgehead atoms. The first kappa shape index (κ1) is 24.6. The second-order valence-corrected chi connectivity index (χ2v) is 9.84. The van der Waals surface area contributed by atoms with E-state index in [1.807, 2.05) is 0 Å². The van der Waals surface area contributed by atoms with E-state index >= 15 is 0 Å². The molecule has 0 spiro atoms. The van der Waals surface area contributed by atoms with Crippen LogP contribution in [0.25, 0.3) is 16.9 Å². The van der Waals surface area contributed by atoms with Gasteiger partial charge in [-0.1, -0.05) is 29.4 Å². The van der Waals surface area contributed by atoms with E-state index in [4.69, 9.17) is 5.14 Å². The quantitative estimate of drug-likeness (QED) is 0.308. The van der Waals surface area contributed by atoms with Gasteiger partial charge in [0.15, 0.2) is 20.6 Å². The molecule has 0 saturated heterocycles. The second kappa shape index (κ2) is 8.33.